The first-order valence-electron chi connectivity index (χ1n) is 6.85. The zero-order valence-corrected chi connectivity index (χ0v) is 10.7. The van der Waals surface area contributed by atoms with E-state index < -0.39 is 0 Å². The second kappa shape index (κ2) is 4.08. The molecule has 1 heteroatoms. The molecule has 1 saturated carbocycles. The van der Waals surface area contributed by atoms with E-state index in [9.17, 15) is 0 Å². The van der Waals surface area contributed by atoms with Crippen LogP contribution in [0.2, 0.25) is 0 Å². The zero-order chi connectivity index (χ0) is 10.9. The maximum Gasteiger partial charge on any atom is 0.0181 e. The minimum atomic E-state index is 0.393. The van der Waals surface area contributed by atoms with Gasteiger partial charge in [0.1, 0.15) is 0 Å². The highest BCUT2D eigenvalue weighted by Gasteiger charge is 2.49. The second-order valence-corrected chi connectivity index (χ2v) is 6.31. The van der Waals surface area contributed by atoms with Gasteiger partial charge in [-0.1, -0.05) is 19.8 Å². The lowest BCUT2D eigenvalue weighted by Gasteiger charge is -2.46. The molecule has 1 nitrogen and oxygen atoms in total. The largest absolute Gasteiger partial charge is 0.311 e. The van der Waals surface area contributed by atoms with Crippen molar-refractivity contribution >= 4 is 0 Å². The van der Waals surface area contributed by atoms with E-state index >= 15 is 0 Å². The lowest BCUT2D eigenvalue weighted by molar-refractivity contribution is 0.0815. The Balaban J connectivity index is 1.97. The molecule has 0 amide bonds. The van der Waals surface area contributed by atoms with Gasteiger partial charge < -0.3 is 5.32 Å². The summed E-state index contributed by atoms with van der Waals surface area (Å²) in [5, 5.41) is 3.70. The molecule has 1 saturated heterocycles. The van der Waals surface area contributed by atoms with Gasteiger partial charge in [0.2, 0.25) is 0 Å². The molecule has 0 bridgehead atoms. The molecule has 1 aliphatic carbocycles. The van der Waals surface area contributed by atoms with Gasteiger partial charge in [-0.3, -0.25) is 0 Å². The van der Waals surface area contributed by atoms with Crippen LogP contribution in [-0.2, 0) is 0 Å². The highest BCUT2D eigenvalue weighted by molar-refractivity contribution is 5.05. The summed E-state index contributed by atoms with van der Waals surface area (Å²) in [6.07, 6.45) is 10.2. The SMILES string of the molecule is CCCC1CCC2(CCNC2(C)C)CC1. The normalized spacial score (nSPS) is 39.8. The first kappa shape index (κ1) is 11.4. The first-order valence-corrected chi connectivity index (χ1v) is 6.85. The molecule has 0 aromatic rings. The maximum absolute atomic E-state index is 3.70. The molecule has 2 fully saturated rings. The van der Waals surface area contributed by atoms with E-state index in [0.717, 1.165) is 5.92 Å². The number of nitrogens with one attached hydrogen (secondary N) is 1. The van der Waals surface area contributed by atoms with Crippen LogP contribution in [0, 0.1) is 11.3 Å². The molecule has 0 atom stereocenters. The molecule has 0 aromatic carbocycles. The Labute approximate surface area is 95.0 Å². The summed E-state index contributed by atoms with van der Waals surface area (Å²) in [5.74, 6) is 1.04. The molecule has 2 rings (SSSR count). The van der Waals surface area contributed by atoms with Crippen LogP contribution < -0.4 is 5.32 Å². The third-order valence-corrected chi connectivity index (χ3v) is 5.26. The fourth-order valence-corrected chi connectivity index (χ4v) is 3.92. The van der Waals surface area contributed by atoms with Gasteiger partial charge in [-0.25, -0.2) is 0 Å². The van der Waals surface area contributed by atoms with Crippen LogP contribution in [0.15, 0.2) is 0 Å². The molecule has 0 radical (unpaired) electrons. The third-order valence-electron chi connectivity index (χ3n) is 5.26. The van der Waals surface area contributed by atoms with Crippen molar-refractivity contribution < 1.29 is 0 Å². The Kier molecular flexibility index (Phi) is 3.12. The Hall–Kier alpha value is -0.0400. The van der Waals surface area contributed by atoms with Gasteiger partial charge in [-0.15, -0.1) is 0 Å². The molecule has 0 unspecified atom stereocenters. The van der Waals surface area contributed by atoms with E-state index in [2.05, 4.69) is 26.1 Å². The van der Waals surface area contributed by atoms with E-state index in [0.29, 0.717) is 11.0 Å². The molecular weight excluding hydrogens is 182 g/mol. The Morgan fingerprint density at radius 2 is 1.80 bits per heavy atom. The first-order chi connectivity index (χ1) is 7.10. The Morgan fingerprint density at radius 1 is 1.13 bits per heavy atom. The van der Waals surface area contributed by atoms with Crippen molar-refractivity contribution in [2.75, 3.05) is 6.54 Å². The predicted octanol–water partition coefficient (Wildman–Crippen LogP) is 3.74. The van der Waals surface area contributed by atoms with Gasteiger partial charge >= 0.3 is 0 Å². The molecule has 88 valence electrons. The summed E-state index contributed by atoms with van der Waals surface area (Å²) in [6.45, 7) is 8.40. The molecule has 1 spiro atoms. The summed E-state index contributed by atoms with van der Waals surface area (Å²) in [7, 11) is 0. The summed E-state index contributed by atoms with van der Waals surface area (Å²) in [5.41, 5.74) is 1.03. The molecule has 1 N–H and O–H groups in total. The highest BCUT2D eigenvalue weighted by Crippen LogP contribution is 2.51. The lowest BCUT2D eigenvalue weighted by Crippen LogP contribution is -2.48. The average molecular weight is 209 g/mol. The van der Waals surface area contributed by atoms with Gasteiger partial charge in [0, 0.05) is 5.54 Å². The average Bonchev–Trinajstić information content (AvgIpc) is 2.47. The monoisotopic (exact) mass is 209 g/mol. The number of hydrogen-bond acceptors (Lipinski definition) is 1. The maximum atomic E-state index is 3.70. The van der Waals surface area contributed by atoms with Crippen LogP contribution in [0.5, 0.6) is 0 Å². The van der Waals surface area contributed by atoms with E-state index in [1.165, 1.54) is 51.5 Å². The lowest BCUT2D eigenvalue weighted by atomic mass is 9.61. The smallest absolute Gasteiger partial charge is 0.0181 e. The fraction of sp³-hybridized carbons (Fsp3) is 1.00. The fourth-order valence-electron chi connectivity index (χ4n) is 3.92. The van der Waals surface area contributed by atoms with Crippen molar-refractivity contribution in [3.63, 3.8) is 0 Å². The van der Waals surface area contributed by atoms with Crippen molar-refractivity contribution in [1.82, 2.24) is 5.32 Å². The van der Waals surface area contributed by atoms with E-state index in [1.54, 1.807) is 0 Å². The predicted molar refractivity (Wildman–Crippen MR) is 66.0 cm³/mol. The zero-order valence-electron chi connectivity index (χ0n) is 10.7. The van der Waals surface area contributed by atoms with Crippen molar-refractivity contribution in [2.45, 2.75) is 71.3 Å². The van der Waals surface area contributed by atoms with Crippen LogP contribution in [0.4, 0.5) is 0 Å². The van der Waals surface area contributed by atoms with Crippen molar-refractivity contribution in [3.05, 3.63) is 0 Å². The van der Waals surface area contributed by atoms with Crippen molar-refractivity contribution in [3.8, 4) is 0 Å². The summed E-state index contributed by atoms with van der Waals surface area (Å²) < 4.78 is 0. The minimum absolute atomic E-state index is 0.393. The topological polar surface area (TPSA) is 12.0 Å². The summed E-state index contributed by atoms with van der Waals surface area (Å²) in [6, 6.07) is 0. The molecular formula is C14H27N. The van der Waals surface area contributed by atoms with E-state index in [4.69, 9.17) is 0 Å². The second-order valence-electron chi connectivity index (χ2n) is 6.31. The number of rotatable bonds is 2. The summed E-state index contributed by atoms with van der Waals surface area (Å²) >= 11 is 0. The minimum Gasteiger partial charge on any atom is -0.311 e. The quantitative estimate of drug-likeness (QED) is 0.730. The molecule has 15 heavy (non-hydrogen) atoms. The third kappa shape index (κ3) is 1.95. The van der Waals surface area contributed by atoms with Gasteiger partial charge in [0.15, 0.2) is 0 Å². The molecule has 2 aliphatic rings. The van der Waals surface area contributed by atoms with E-state index in [-0.39, 0.29) is 0 Å². The van der Waals surface area contributed by atoms with Gasteiger partial charge in [0.25, 0.3) is 0 Å². The van der Waals surface area contributed by atoms with Crippen LogP contribution in [-0.4, -0.2) is 12.1 Å². The molecule has 1 heterocycles. The highest BCUT2D eigenvalue weighted by atomic mass is 15.0. The van der Waals surface area contributed by atoms with Crippen molar-refractivity contribution in [2.24, 2.45) is 11.3 Å². The van der Waals surface area contributed by atoms with Gasteiger partial charge in [-0.05, 0) is 63.8 Å². The van der Waals surface area contributed by atoms with Crippen LogP contribution in [0.25, 0.3) is 0 Å². The van der Waals surface area contributed by atoms with Crippen LogP contribution in [0.3, 0.4) is 0 Å². The number of hydrogen-bond donors (Lipinski definition) is 1. The van der Waals surface area contributed by atoms with Crippen LogP contribution >= 0.6 is 0 Å². The van der Waals surface area contributed by atoms with Crippen LogP contribution in [0.1, 0.15) is 65.7 Å². The van der Waals surface area contributed by atoms with Crippen molar-refractivity contribution in [1.29, 1.82) is 0 Å². The van der Waals surface area contributed by atoms with Gasteiger partial charge in [0.05, 0.1) is 0 Å². The molecule has 0 aromatic heterocycles. The summed E-state index contributed by atoms with van der Waals surface area (Å²) in [4.78, 5) is 0. The Bertz CT molecular complexity index is 211. The van der Waals surface area contributed by atoms with Gasteiger partial charge in [-0.2, -0.15) is 0 Å². The van der Waals surface area contributed by atoms with E-state index in [1.807, 2.05) is 0 Å². The Morgan fingerprint density at radius 3 is 2.27 bits per heavy atom. The standard InChI is InChI=1S/C14H27N/c1-4-5-12-6-8-14(9-7-12)10-11-15-13(14,2)3/h12,15H,4-11H2,1-3H3. The molecule has 1 aliphatic heterocycles.